The van der Waals surface area contributed by atoms with Gasteiger partial charge in [0, 0.05) is 16.5 Å². The quantitative estimate of drug-likeness (QED) is 0.459. The molecular weight excluding hydrogens is 161 g/mol. The standard InChI is InChI=1S/CH2O.2Ni.O/c1-2;;;/h1H2;;;. The summed E-state index contributed by atoms with van der Waals surface area (Å²) in [4.78, 5) is 8.00. The monoisotopic (exact) mass is 162 g/mol. The van der Waals surface area contributed by atoms with Crippen LogP contribution in [0.4, 0.5) is 0 Å². The van der Waals surface area contributed by atoms with Crippen molar-refractivity contribution in [1.29, 1.82) is 0 Å². The van der Waals surface area contributed by atoms with Gasteiger partial charge >= 0.3 is 19.3 Å². The van der Waals surface area contributed by atoms with Crippen molar-refractivity contribution in [2.45, 2.75) is 0 Å². The third kappa shape index (κ3) is 129. The normalized spacial score (nSPS) is 2.00. The van der Waals surface area contributed by atoms with Crippen molar-refractivity contribution in [3.05, 3.63) is 0 Å². The number of rotatable bonds is 0. The van der Waals surface area contributed by atoms with E-state index in [1.54, 1.807) is 0 Å². The molecule has 0 unspecified atom stereocenters. The molecule has 0 aliphatic carbocycles. The van der Waals surface area contributed by atoms with Crippen molar-refractivity contribution in [2.75, 3.05) is 0 Å². The molecule has 0 amide bonds. The maximum atomic E-state index is 8.00. The van der Waals surface area contributed by atoms with Gasteiger partial charge in [0.05, 0.1) is 0 Å². The Kier molecular flexibility index (Phi) is 916. The van der Waals surface area contributed by atoms with Crippen molar-refractivity contribution >= 4 is 6.79 Å². The van der Waals surface area contributed by atoms with E-state index < -0.39 is 0 Å². The summed E-state index contributed by atoms with van der Waals surface area (Å²) in [5, 5.41) is 0. The zero-order valence-corrected chi connectivity index (χ0v) is 4.13. The van der Waals surface area contributed by atoms with E-state index in [1.807, 2.05) is 6.79 Å². The molecule has 0 fully saturated rings. The second-order valence-electron chi connectivity index (χ2n) is 0. The van der Waals surface area contributed by atoms with Gasteiger partial charge in [0.1, 0.15) is 6.79 Å². The van der Waals surface area contributed by atoms with Gasteiger partial charge in [-0.3, -0.25) is 0 Å². The van der Waals surface area contributed by atoms with E-state index >= 15 is 0 Å². The summed E-state index contributed by atoms with van der Waals surface area (Å²) in [6, 6.07) is 0. The molecule has 2 nitrogen and oxygen atoms in total. The summed E-state index contributed by atoms with van der Waals surface area (Å²) in [5.74, 6) is 0. The predicted octanol–water partition coefficient (Wildman–Crippen LogP) is -0.309. The van der Waals surface area contributed by atoms with Gasteiger partial charge < -0.3 is 4.79 Å². The number of carbonyl (C=O) groups excluding carboxylic acids is 1. The van der Waals surface area contributed by atoms with E-state index in [0.717, 1.165) is 0 Å². The molecule has 0 saturated carbocycles. The molecular formula is CH2Ni2O2. The van der Waals surface area contributed by atoms with Crippen LogP contribution in [0.25, 0.3) is 0 Å². The van der Waals surface area contributed by atoms with E-state index in [4.69, 9.17) is 8.69 Å². The third-order valence-electron chi connectivity index (χ3n) is 0. The summed E-state index contributed by atoms with van der Waals surface area (Å²) >= 11 is 2.62. The van der Waals surface area contributed by atoms with Crippen molar-refractivity contribution in [3.63, 3.8) is 0 Å². The van der Waals surface area contributed by atoms with Gasteiger partial charge in [0.15, 0.2) is 0 Å². The molecule has 5 heavy (non-hydrogen) atoms. The molecule has 38 valence electrons. The van der Waals surface area contributed by atoms with Gasteiger partial charge in [-0.2, -0.15) is 0 Å². The van der Waals surface area contributed by atoms with E-state index in [1.165, 1.54) is 0 Å². The van der Waals surface area contributed by atoms with Gasteiger partial charge in [-0.1, -0.05) is 0 Å². The van der Waals surface area contributed by atoms with E-state index in [2.05, 4.69) is 15.4 Å². The van der Waals surface area contributed by atoms with Crippen molar-refractivity contribution in [1.82, 2.24) is 0 Å². The Hall–Kier alpha value is 0.457. The first-order chi connectivity index (χ1) is 2.00. The van der Waals surface area contributed by atoms with Gasteiger partial charge in [0.2, 0.25) is 0 Å². The Labute approximate surface area is 47.8 Å². The molecule has 0 bridgehead atoms. The van der Waals surface area contributed by atoms with Crippen LogP contribution >= 0.6 is 0 Å². The topological polar surface area (TPSA) is 34.1 Å². The fraction of sp³-hybridized carbons (Fsp3) is 0. The fourth-order valence-corrected chi connectivity index (χ4v) is 0. The molecule has 0 aliphatic heterocycles. The molecule has 0 heterocycles. The molecule has 0 N–H and O–H groups in total. The SMILES string of the molecule is C=O.[Ni].[O]=[Ni]. The molecule has 0 atom stereocenters. The van der Waals surface area contributed by atoms with Crippen molar-refractivity contribution in [3.8, 4) is 0 Å². The Morgan fingerprint density at radius 3 is 1.20 bits per heavy atom. The maximum absolute atomic E-state index is 8.00. The Morgan fingerprint density at radius 2 is 1.20 bits per heavy atom. The Morgan fingerprint density at radius 1 is 1.20 bits per heavy atom. The minimum absolute atomic E-state index is 0. The van der Waals surface area contributed by atoms with Gasteiger partial charge in [-0.25, -0.2) is 0 Å². The van der Waals surface area contributed by atoms with Crippen molar-refractivity contribution in [2.24, 2.45) is 0 Å². The summed E-state index contributed by atoms with van der Waals surface area (Å²) < 4.78 is 7.88. The van der Waals surface area contributed by atoms with Gasteiger partial charge in [0.25, 0.3) is 0 Å². The van der Waals surface area contributed by atoms with Crippen LogP contribution in [0.3, 0.4) is 0 Å². The predicted molar refractivity (Wildman–Crippen MR) is 7.81 cm³/mol. The molecule has 0 spiro atoms. The summed E-state index contributed by atoms with van der Waals surface area (Å²) in [6.45, 7) is 2.00. The molecule has 0 aromatic carbocycles. The zero-order chi connectivity index (χ0) is 4.00. The minimum atomic E-state index is 0. The molecule has 0 aromatic heterocycles. The molecule has 0 saturated heterocycles. The molecule has 0 aliphatic rings. The molecule has 0 rings (SSSR count). The summed E-state index contributed by atoms with van der Waals surface area (Å²) in [7, 11) is 0. The zero-order valence-electron chi connectivity index (χ0n) is 2.16. The molecule has 0 aromatic rings. The van der Waals surface area contributed by atoms with Crippen LogP contribution < -0.4 is 0 Å². The first-order valence-corrected chi connectivity index (χ1v) is 0.821. The second kappa shape index (κ2) is 255. The van der Waals surface area contributed by atoms with Crippen LogP contribution in [0.2, 0.25) is 0 Å². The third-order valence-corrected chi connectivity index (χ3v) is 0. The Balaban J connectivity index is -0.0000000133. The average Bonchev–Trinajstić information content (AvgIpc) is 1.50. The van der Waals surface area contributed by atoms with E-state index in [9.17, 15) is 0 Å². The average molecular weight is 163 g/mol. The van der Waals surface area contributed by atoms with Crippen molar-refractivity contribution < 1.29 is 40.6 Å². The van der Waals surface area contributed by atoms with E-state index in [0.29, 0.717) is 0 Å². The number of hydrogen-bond acceptors (Lipinski definition) is 2. The first kappa shape index (κ1) is 18.0. The number of hydrogen-bond donors (Lipinski definition) is 0. The van der Waals surface area contributed by atoms with E-state index in [-0.39, 0.29) is 16.5 Å². The molecule has 4 heteroatoms. The van der Waals surface area contributed by atoms with Crippen LogP contribution in [0.5, 0.6) is 0 Å². The van der Waals surface area contributed by atoms with Gasteiger partial charge in [-0.15, -0.1) is 0 Å². The fourth-order valence-electron chi connectivity index (χ4n) is 0. The molecule has 0 radical (unpaired) electrons. The first-order valence-electron chi connectivity index (χ1n) is 0.418. The van der Waals surface area contributed by atoms with Crippen LogP contribution in [-0.4, -0.2) is 6.79 Å². The second-order valence-corrected chi connectivity index (χ2v) is 0. The summed E-state index contributed by atoms with van der Waals surface area (Å²) in [6.07, 6.45) is 0. The van der Waals surface area contributed by atoms with Crippen LogP contribution in [-0.2, 0) is 40.6 Å². The van der Waals surface area contributed by atoms with Crippen LogP contribution in [0.1, 0.15) is 0 Å². The Bertz CT molecular complexity index is 9.61. The van der Waals surface area contributed by atoms with Crippen LogP contribution in [0, 0.1) is 0 Å². The van der Waals surface area contributed by atoms with Gasteiger partial charge in [-0.05, 0) is 0 Å². The van der Waals surface area contributed by atoms with Crippen LogP contribution in [0.15, 0.2) is 0 Å². The summed E-state index contributed by atoms with van der Waals surface area (Å²) in [5.41, 5.74) is 0. The number of carbonyl (C=O) groups is 1.